The molecule has 1 aromatic carbocycles. The Labute approximate surface area is 125 Å². The zero-order chi connectivity index (χ0) is 14.7. The van der Waals surface area contributed by atoms with Crippen molar-refractivity contribution >= 4 is 16.8 Å². The van der Waals surface area contributed by atoms with Crippen molar-refractivity contribution in [2.24, 2.45) is 0 Å². The van der Waals surface area contributed by atoms with E-state index in [0.717, 1.165) is 49.1 Å². The molecular weight excluding hydrogens is 264 g/mol. The van der Waals surface area contributed by atoms with Crippen LogP contribution in [0.15, 0.2) is 30.5 Å². The van der Waals surface area contributed by atoms with Gasteiger partial charge in [-0.25, -0.2) is 0 Å². The first-order valence-electron chi connectivity index (χ1n) is 7.77. The lowest BCUT2D eigenvalue weighted by molar-refractivity contribution is -0.121. The van der Waals surface area contributed by atoms with E-state index in [1.807, 2.05) is 12.3 Å². The zero-order valence-electron chi connectivity index (χ0n) is 12.5. The molecule has 1 fully saturated rings. The zero-order valence-corrected chi connectivity index (χ0v) is 12.5. The topological polar surface area (TPSA) is 43.3 Å². The monoisotopic (exact) mass is 286 g/mol. The largest absolute Gasteiger partial charge is 0.494 e. The molecule has 0 radical (unpaired) electrons. The van der Waals surface area contributed by atoms with Crippen molar-refractivity contribution < 1.29 is 9.53 Å². The lowest BCUT2D eigenvalue weighted by atomic mass is 10.2. The first-order chi connectivity index (χ1) is 10.3. The van der Waals surface area contributed by atoms with Crippen molar-refractivity contribution in [3.8, 4) is 5.75 Å². The van der Waals surface area contributed by atoms with Crippen molar-refractivity contribution in [2.45, 2.75) is 45.2 Å². The summed E-state index contributed by atoms with van der Waals surface area (Å²) in [6, 6.07) is 8.65. The Balaban J connectivity index is 1.63. The second kappa shape index (κ2) is 6.20. The fourth-order valence-electron chi connectivity index (χ4n) is 2.43. The number of hydrogen-bond donors (Lipinski definition) is 1. The van der Waals surface area contributed by atoms with Gasteiger partial charge < -0.3 is 14.6 Å². The molecule has 2 aromatic rings. The van der Waals surface area contributed by atoms with Crippen LogP contribution < -0.4 is 10.1 Å². The summed E-state index contributed by atoms with van der Waals surface area (Å²) in [6.45, 7) is 3.56. The number of nitrogens with zero attached hydrogens (tertiary/aromatic N) is 1. The van der Waals surface area contributed by atoms with Crippen molar-refractivity contribution in [2.75, 3.05) is 6.61 Å². The molecule has 1 heterocycles. The molecule has 4 heteroatoms. The van der Waals surface area contributed by atoms with E-state index < -0.39 is 0 Å². The van der Waals surface area contributed by atoms with Crippen LogP contribution in [0.25, 0.3) is 10.9 Å². The number of aromatic nitrogens is 1. The van der Waals surface area contributed by atoms with E-state index in [-0.39, 0.29) is 5.91 Å². The Morgan fingerprint density at radius 1 is 1.38 bits per heavy atom. The maximum atomic E-state index is 11.8. The van der Waals surface area contributed by atoms with Crippen LogP contribution in [0.2, 0.25) is 0 Å². The van der Waals surface area contributed by atoms with Crippen LogP contribution in [0.1, 0.15) is 32.6 Å². The average Bonchev–Trinajstić information content (AvgIpc) is 3.21. The van der Waals surface area contributed by atoms with Gasteiger partial charge in [0, 0.05) is 36.1 Å². The molecule has 112 valence electrons. The van der Waals surface area contributed by atoms with Crippen molar-refractivity contribution in [1.29, 1.82) is 0 Å². The summed E-state index contributed by atoms with van der Waals surface area (Å²) >= 11 is 0. The Morgan fingerprint density at radius 2 is 2.24 bits per heavy atom. The summed E-state index contributed by atoms with van der Waals surface area (Å²) in [5.74, 6) is 1.07. The van der Waals surface area contributed by atoms with E-state index in [1.54, 1.807) is 0 Å². The highest BCUT2D eigenvalue weighted by molar-refractivity contribution is 5.82. The van der Waals surface area contributed by atoms with Gasteiger partial charge in [-0.1, -0.05) is 6.92 Å². The van der Waals surface area contributed by atoms with Crippen LogP contribution in [-0.2, 0) is 11.3 Å². The number of carbonyl (C=O) groups is 1. The van der Waals surface area contributed by atoms with E-state index in [2.05, 4.69) is 35.0 Å². The lowest BCUT2D eigenvalue weighted by Crippen LogP contribution is -2.26. The normalized spacial score (nSPS) is 14.3. The van der Waals surface area contributed by atoms with Crippen LogP contribution >= 0.6 is 0 Å². The maximum absolute atomic E-state index is 11.8. The quantitative estimate of drug-likeness (QED) is 0.850. The van der Waals surface area contributed by atoms with Crippen LogP contribution in [0, 0.1) is 0 Å². The molecule has 1 aliphatic rings. The van der Waals surface area contributed by atoms with Gasteiger partial charge in [0.1, 0.15) is 5.75 Å². The Kier molecular flexibility index (Phi) is 4.13. The Morgan fingerprint density at radius 3 is 3.00 bits per heavy atom. The van der Waals surface area contributed by atoms with Gasteiger partial charge in [-0.2, -0.15) is 0 Å². The summed E-state index contributed by atoms with van der Waals surface area (Å²) in [7, 11) is 0. The molecule has 0 bridgehead atoms. The van der Waals surface area contributed by atoms with Gasteiger partial charge in [-0.3, -0.25) is 4.79 Å². The molecule has 4 nitrogen and oxygen atoms in total. The Hall–Kier alpha value is -1.97. The van der Waals surface area contributed by atoms with Gasteiger partial charge in [0.25, 0.3) is 0 Å². The van der Waals surface area contributed by atoms with Gasteiger partial charge in [-0.15, -0.1) is 0 Å². The molecule has 1 N–H and O–H groups in total. The lowest BCUT2D eigenvalue weighted by Gasteiger charge is -2.08. The van der Waals surface area contributed by atoms with E-state index in [9.17, 15) is 4.79 Å². The number of amides is 1. The number of nitrogens with one attached hydrogen (secondary N) is 1. The number of hydrogen-bond acceptors (Lipinski definition) is 2. The van der Waals surface area contributed by atoms with Gasteiger partial charge in [0.05, 0.1) is 6.61 Å². The smallest absolute Gasteiger partial charge is 0.222 e. The minimum Gasteiger partial charge on any atom is -0.494 e. The molecule has 0 aliphatic heterocycles. The third kappa shape index (κ3) is 3.57. The number of ether oxygens (including phenoxy) is 1. The molecule has 21 heavy (non-hydrogen) atoms. The van der Waals surface area contributed by atoms with Crippen molar-refractivity contribution in [1.82, 2.24) is 9.88 Å². The first-order valence-corrected chi connectivity index (χ1v) is 7.77. The maximum Gasteiger partial charge on any atom is 0.222 e. The molecule has 1 amide bonds. The molecule has 0 spiro atoms. The first kappa shape index (κ1) is 14.0. The van der Waals surface area contributed by atoms with Crippen molar-refractivity contribution in [3.63, 3.8) is 0 Å². The number of benzene rings is 1. The highest BCUT2D eigenvalue weighted by atomic mass is 16.5. The third-order valence-electron chi connectivity index (χ3n) is 3.74. The molecule has 0 unspecified atom stereocenters. The van der Waals surface area contributed by atoms with Gasteiger partial charge in [-0.05, 0) is 43.5 Å². The van der Waals surface area contributed by atoms with E-state index in [4.69, 9.17) is 4.74 Å². The van der Waals surface area contributed by atoms with E-state index >= 15 is 0 Å². The fraction of sp³-hybridized carbons (Fsp3) is 0.471. The summed E-state index contributed by atoms with van der Waals surface area (Å²) in [4.78, 5) is 11.8. The number of fused-ring (bicyclic) bond motifs is 1. The van der Waals surface area contributed by atoms with Crippen LogP contribution in [0.3, 0.4) is 0 Å². The average molecular weight is 286 g/mol. The van der Waals surface area contributed by atoms with Gasteiger partial charge >= 0.3 is 0 Å². The molecule has 0 atom stereocenters. The standard InChI is InChI=1S/C17H22N2O2/c1-2-11-21-15-5-6-16-13(12-15)7-9-19(16)10-8-17(20)18-14-3-4-14/h5-7,9,12,14H,2-4,8,10-11H2,1H3,(H,18,20). The molecule has 1 aromatic heterocycles. The van der Waals surface area contributed by atoms with E-state index in [0.29, 0.717) is 12.5 Å². The predicted molar refractivity (Wildman–Crippen MR) is 83.5 cm³/mol. The predicted octanol–water partition coefficient (Wildman–Crippen LogP) is 3.10. The number of aryl methyl sites for hydroxylation is 1. The van der Waals surface area contributed by atoms with Crippen molar-refractivity contribution in [3.05, 3.63) is 30.5 Å². The van der Waals surface area contributed by atoms with Gasteiger partial charge in [0.15, 0.2) is 0 Å². The van der Waals surface area contributed by atoms with E-state index in [1.165, 1.54) is 0 Å². The molecule has 0 saturated heterocycles. The van der Waals surface area contributed by atoms with Crippen LogP contribution in [0.5, 0.6) is 5.75 Å². The third-order valence-corrected chi connectivity index (χ3v) is 3.74. The number of rotatable bonds is 7. The Bertz CT molecular complexity index is 629. The molecule has 3 rings (SSSR count). The summed E-state index contributed by atoms with van der Waals surface area (Å²) < 4.78 is 7.78. The SMILES string of the molecule is CCCOc1ccc2c(ccn2CCC(=O)NC2CC2)c1. The van der Waals surface area contributed by atoms with Crippen LogP contribution in [-0.4, -0.2) is 23.1 Å². The summed E-state index contributed by atoms with van der Waals surface area (Å²) in [6.07, 6.45) is 5.86. The second-order valence-corrected chi connectivity index (χ2v) is 5.67. The molecular formula is C17H22N2O2. The molecule has 1 aliphatic carbocycles. The summed E-state index contributed by atoms with van der Waals surface area (Å²) in [5, 5.41) is 4.18. The fourth-order valence-corrected chi connectivity index (χ4v) is 2.43. The second-order valence-electron chi connectivity index (χ2n) is 5.67. The van der Waals surface area contributed by atoms with Gasteiger partial charge in [0.2, 0.25) is 5.91 Å². The summed E-state index contributed by atoms with van der Waals surface area (Å²) in [5.41, 5.74) is 1.15. The van der Waals surface area contributed by atoms with Crippen LogP contribution in [0.4, 0.5) is 0 Å². The highest BCUT2D eigenvalue weighted by Crippen LogP contribution is 2.23. The minimum absolute atomic E-state index is 0.155. The number of carbonyl (C=O) groups excluding carboxylic acids is 1. The highest BCUT2D eigenvalue weighted by Gasteiger charge is 2.22. The molecule has 1 saturated carbocycles. The minimum atomic E-state index is 0.155.